The highest BCUT2D eigenvalue weighted by molar-refractivity contribution is 5.93. The third-order valence-corrected chi connectivity index (χ3v) is 3.05. The van der Waals surface area contributed by atoms with E-state index in [2.05, 4.69) is 6.92 Å². The van der Waals surface area contributed by atoms with Crippen molar-refractivity contribution in [3.63, 3.8) is 0 Å². The van der Waals surface area contributed by atoms with E-state index in [0.29, 0.717) is 0 Å². The van der Waals surface area contributed by atoms with Crippen LogP contribution >= 0.6 is 0 Å². The van der Waals surface area contributed by atoms with Gasteiger partial charge in [0.2, 0.25) is 0 Å². The highest BCUT2D eigenvalue weighted by atomic mass is 16.5. The van der Waals surface area contributed by atoms with Gasteiger partial charge in [0.15, 0.2) is 0 Å². The topological polar surface area (TPSA) is 26.3 Å². The van der Waals surface area contributed by atoms with Crippen LogP contribution in [0.4, 0.5) is 0 Å². The molecule has 1 rings (SSSR count). The normalized spacial score (nSPS) is 18.4. The van der Waals surface area contributed by atoms with Crippen LogP contribution in [0.1, 0.15) is 59.3 Å². The Bertz CT molecular complexity index is 311. The smallest absolute Gasteiger partial charge is 0.339 e. The number of rotatable bonds is 6. The van der Waals surface area contributed by atoms with E-state index < -0.39 is 0 Å². The van der Waals surface area contributed by atoms with E-state index in [4.69, 9.17) is 4.74 Å². The number of hydrogen-bond donors (Lipinski definition) is 0. The van der Waals surface area contributed by atoms with Crippen LogP contribution in [0, 0.1) is 0 Å². The molecule has 1 heterocycles. The molecule has 2 nitrogen and oxygen atoms in total. The Kier molecular flexibility index (Phi) is 5.30. The van der Waals surface area contributed by atoms with Crippen LogP contribution in [0.5, 0.6) is 0 Å². The van der Waals surface area contributed by atoms with Crippen LogP contribution in [0.15, 0.2) is 23.0 Å². The lowest BCUT2D eigenvalue weighted by Crippen LogP contribution is -1.94. The van der Waals surface area contributed by atoms with E-state index in [1.54, 1.807) is 0 Å². The van der Waals surface area contributed by atoms with Gasteiger partial charge in [0.1, 0.15) is 5.76 Å². The fraction of sp³-hybridized carbons (Fsp3) is 0.643. The number of allylic oxidation sites excluding steroid dienone is 2. The zero-order valence-corrected chi connectivity index (χ0v) is 10.6. The molecule has 0 atom stereocenters. The highest BCUT2D eigenvalue weighted by Gasteiger charge is 2.24. The standard InChI is InChI=1S/C14H22O2/c1-4-6-7-8-9-10-12-11(3)14(15)16-13(12)5-2/h5H,4,6-10H2,1-3H3/b13-5-. The first-order valence-electron chi connectivity index (χ1n) is 6.29. The van der Waals surface area contributed by atoms with Crippen molar-refractivity contribution in [1.29, 1.82) is 0 Å². The van der Waals surface area contributed by atoms with Gasteiger partial charge in [-0.3, -0.25) is 0 Å². The second-order valence-electron chi connectivity index (χ2n) is 4.31. The predicted octanol–water partition coefficient (Wildman–Crippen LogP) is 4.12. The maximum absolute atomic E-state index is 11.4. The number of esters is 1. The first-order valence-corrected chi connectivity index (χ1v) is 6.29. The van der Waals surface area contributed by atoms with Crippen LogP contribution in [0.2, 0.25) is 0 Å². The van der Waals surface area contributed by atoms with Gasteiger partial charge in [0, 0.05) is 11.1 Å². The molecule has 2 heteroatoms. The van der Waals surface area contributed by atoms with Gasteiger partial charge < -0.3 is 4.74 Å². The molecule has 0 fully saturated rings. The Labute approximate surface area is 98.4 Å². The third kappa shape index (κ3) is 3.22. The van der Waals surface area contributed by atoms with Gasteiger partial charge in [-0.2, -0.15) is 0 Å². The molecule has 0 amide bonds. The third-order valence-electron chi connectivity index (χ3n) is 3.05. The van der Waals surface area contributed by atoms with Gasteiger partial charge in [0.25, 0.3) is 0 Å². The zero-order chi connectivity index (χ0) is 12.0. The molecule has 0 unspecified atom stereocenters. The molecule has 0 saturated carbocycles. The summed E-state index contributed by atoms with van der Waals surface area (Å²) in [6.07, 6.45) is 9.13. The molecule has 0 aromatic rings. The van der Waals surface area contributed by atoms with Crippen LogP contribution < -0.4 is 0 Å². The van der Waals surface area contributed by atoms with Crippen molar-refractivity contribution in [2.75, 3.05) is 0 Å². The molecule has 0 aliphatic carbocycles. The number of hydrogen-bond acceptors (Lipinski definition) is 2. The molecule has 0 aromatic carbocycles. The number of carbonyl (C=O) groups excluding carboxylic acids is 1. The summed E-state index contributed by atoms with van der Waals surface area (Å²) in [4.78, 5) is 11.4. The average Bonchev–Trinajstić information content (AvgIpc) is 2.56. The Morgan fingerprint density at radius 1 is 1.19 bits per heavy atom. The molecule has 0 spiro atoms. The molecule has 16 heavy (non-hydrogen) atoms. The largest absolute Gasteiger partial charge is 0.423 e. The van der Waals surface area contributed by atoms with Crippen molar-refractivity contribution < 1.29 is 9.53 Å². The van der Waals surface area contributed by atoms with Crippen LogP contribution in [0.3, 0.4) is 0 Å². The van der Waals surface area contributed by atoms with E-state index in [0.717, 1.165) is 29.7 Å². The Morgan fingerprint density at radius 3 is 2.50 bits per heavy atom. The lowest BCUT2D eigenvalue weighted by molar-refractivity contribution is -0.133. The zero-order valence-electron chi connectivity index (χ0n) is 10.6. The number of carbonyl (C=O) groups is 1. The minimum Gasteiger partial charge on any atom is -0.423 e. The molecule has 1 aliphatic heterocycles. The Hall–Kier alpha value is -1.05. The monoisotopic (exact) mass is 222 g/mol. The van der Waals surface area contributed by atoms with Gasteiger partial charge in [0.05, 0.1) is 0 Å². The molecule has 0 saturated heterocycles. The van der Waals surface area contributed by atoms with Crippen LogP contribution in [-0.4, -0.2) is 5.97 Å². The van der Waals surface area contributed by atoms with Crippen molar-refractivity contribution in [1.82, 2.24) is 0 Å². The first-order chi connectivity index (χ1) is 7.70. The van der Waals surface area contributed by atoms with Gasteiger partial charge >= 0.3 is 5.97 Å². The first kappa shape index (κ1) is 13.0. The van der Waals surface area contributed by atoms with Crippen LogP contribution in [-0.2, 0) is 9.53 Å². The summed E-state index contributed by atoms with van der Waals surface area (Å²) in [7, 11) is 0. The fourth-order valence-electron chi connectivity index (χ4n) is 2.00. The van der Waals surface area contributed by atoms with Gasteiger partial charge in [-0.15, -0.1) is 0 Å². The van der Waals surface area contributed by atoms with Gasteiger partial charge in [-0.25, -0.2) is 4.79 Å². The summed E-state index contributed by atoms with van der Waals surface area (Å²) in [6.45, 7) is 5.99. The molecule has 0 radical (unpaired) electrons. The lowest BCUT2D eigenvalue weighted by atomic mass is 10.0. The SMILES string of the molecule is C/C=C1\OC(=O)C(C)=C1CCCCCCC. The fourth-order valence-corrected chi connectivity index (χ4v) is 2.00. The highest BCUT2D eigenvalue weighted by Crippen LogP contribution is 2.29. The molecule has 90 valence electrons. The summed E-state index contributed by atoms with van der Waals surface area (Å²) < 4.78 is 5.16. The second kappa shape index (κ2) is 6.51. The van der Waals surface area contributed by atoms with Crippen molar-refractivity contribution in [2.24, 2.45) is 0 Å². The average molecular weight is 222 g/mol. The second-order valence-corrected chi connectivity index (χ2v) is 4.31. The summed E-state index contributed by atoms with van der Waals surface area (Å²) in [5.74, 6) is 0.606. The van der Waals surface area contributed by atoms with E-state index in [-0.39, 0.29) is 5.97 Å². The van der Waals surface area contributed by atoms with Gasteiger partial charge in [-0.1, -0.05) is 32.6 Å². The molecular weight excluding hydrogens is 200 g/mol. The summed E-state index contributed by atoms with van der Waals surface area (Å²) in [6, 6.07) is 0. The lowest BCUT2D eigenvalue weighted by Gasteiger charge is -2.03. The quantitative estimate of drug-likeness (QED) is 0.499. The maximum Gasteiger partial charge on any atom is 0.339 e. The molecular formula is C14H22O2. The predicted molar refractivity (Wildman–Crippen MR) is 65.9 cm³/mol. The van der Waals surface area contributed by atoms with E-state index in [9.17, 15) is 4.79 Å². The van der Waals surface area contributed by atoms with Crippen molar-refractivity contribution in [3.05, 3.63) is 23.0 Å². The van der Waals surface area contributed by atoms with Crippen molar-refractivity contribution >= 4 is 5.97 Å². The molecule has 1 aliphatic rings. The van der Waals surface area contributed by atoms with E-state index in [1.807, 2.05) is 19.9 Å². The summed E-state index contributed by atoms with van der Waals surface area (Å²) in [5, 5.41) is 0. The van der Waals surface area contributed by atoms with Gasteiger partial charge in [-0.05, 0) is 32.8 Å². The number of ether oxygens (including phenoxy) is 1. The van der Waals surface area contributed by atoms with E-state index in [1.165, 1.54) is 25.7 Å². The summed E-state index contributed by atoms with van der Waals surface area (Å²) >= 11 is 0. The minimum absolute atomic E-state index is 0.170. The molecule has 0 N–H and O–H groups in total. The number of cyclic esters (lactones) is 1. The molecule has 0 bridgehead atoms. The maximum atomic E-state index is 11.4. The Balaban J connectivity index is 2.43. The van der Waals surface area contributed by atoms with Crippen LogP contribution in [0.25, 0.3) is 0 Å². The van der Waals surface area contributed by atoms with E-state index >= 15 is 0 Å². The summed E-state index contributed by atoms with van der Waals surface area (Å²) in [5.41, 5.74) is 1.91. The Morgan fingerprint density at radius 2 is 1.88 bits per heavy atom. The van der Waals surface area contributed by atoms with Crippen molar-refractivity contribution in [3.8, 4) is 0 Å². The minimum atomic E-state index is -0.170. The molecule has 0 aromatic heterocycles. The van der Waals surface area contributed by atoms with Crippen molar-refractivity contribution in [2.45, 2.75) is 59.3 Å². The number of unbranched alkanes of at least 4 members (excludes halogenated alkanes) is 4.